The molecule has 2 amide bonds. The zero-order chi connectivity index (χ0) is 22.2. The lowest BCUT2D eigenvalue weighted by molar-refractivity contribution is 0.0950. The SMILES string of the molecule is CC(C)CCNC(=O)c1cccc(NC(=O)c2nnc(COc3ccc(F)cc3)s2)c1. The molecule has 0 spiro atoms. The molecule has 0 bridgehead atoms. The van der Waals surface area contributed by atoms with Gasteiger partial charge in [0.2, 0.25) is 5.01 Å². The molecular formula is C22H23FN4O3S. The minimum absolute atomic E-state index is 0.114. The van der Waals surface area contributed by atoms with Crippen molar-refractivity contribution in [2.75, 3.05) is 11.9 Å². The molecule has 0 aliphatic rings. The maximum absolute atomic E-state index is 12.9. The number of nitrogens with zero attached hydrogens (tertiary/aromatic N) is 2. The summed E-state index contributed by atoms with van der Waals surface area (Å²) in [7, 11) is 0. The zero-order valence-corrected chi connectivity index (χ0v) is 18.0. The van der Waals surface area contributed by atoms with Crippen LogP contribution in [0, 0.1) is 11.7 Å². The van der Waals surface area contributed by atoms with Gasteiger partial charge in [-0.15, -0.1) is 10.2 Å². The molecule has 0 aliphatic heterocycles. The number of hydrogen-bond donors (Lipinski definition) is 2. The van der Waals surface area contributed by atoms with Crippen LogP contribution in [0.25, 0.3) is 0 Å². The van der Waals surface area contributed by atoms with E-state index < -0.39 is 5.91 Å². The van der Waals surface area contributed by atoms with Gasteiger partial charge < -0.3 is 15.4 Å². The number of nitrogens with one attached hydrogen (secondary N) is 2. The van der Waals surface area contributed by atoms with E-state index in [0.717, 1.165) is 17.8 Å². The fourth-order valence-electron chi connectivity index (χ4n) is 2.58. The molecule has 0 unspecified atom stereocenters. The fourth-order valence-corrected chi connectivity index (χ4v) is 3.23. The molecule has 3 aromatic rings. The quantitative estimate of drug-likeness (QED) is 0.516. The van der Waals surface area contributed by atoms with Crippen LogP contribution in [0.5, 0.6) is 5.75 Å². The highest BCUT2D eigenvalue weighted by molar-refractivity contribution is 7.13. The maximum Gasteiger partial charge on any atom is 0.286 e. The van der Waals surface area contributed by atoms with Crippen LogP contribution in [0.4, 0.5) is 10.1 Å². The summed E-state index contributed by atoms with van der Waals surface area (Å²) in [6, 6.07) is 12.3. The van der Waals surface area contributed by atoms with E-state index in [9.17, 15) is 14.0 Å². The summed E-state index contributed by atoms with van der Waals surface area (Å²) in [5.41, 5.74) is 0.952. The zero-order valence-electron chi connectivity index (χ0n) is 17.2. The maximum atomic E-state index is 12.9. The summed E-state index contributed by atoms with van der Waals surface area (Å²) in [4.78, 5) is 24.7. The van der Waals surface area contributed by atoms with Crippen LogP contribution in [0.3, 0.4) is 0 Å². The Morgan fingerprint density at radius 2 is 1.87 bits per heavy atom. The van der Waals surface area contributed by atoms with Gasteiger partial charge in [0.05, 0.1) is 0 Å². The molecule has 1 aromatic heterocycles. The van der Waals surface area contributed by atoms with Crippen LogP contribution >= 0.6 is 11.3 Å². The van der Waals surface area contributed by atoms with Gasteiger partial charge in [-0.05, 0) is 54.8 Å². The second kappa shape index (κ2) is 10.6. The number of carbonyl (C=O) groups is 2. The number of hydrogen-bond acceptors (Lipinski definition) is 6. The lowest BCUT2D eigenvalue weighted by Gasteiger charge is -2.09. The Morgan fingerprint density at radius 1 is 1.10 bits per heavy atom. The van der Waals surface area contributed by atoms with E-state index in [1.54, 1.807) is 24.3 Å². The van der Waals surface area contributed by atoms with Crippen molar-refractivity contribution in [3.63, 3.8) is 0 Å². The molecule has 2 aromatic carbocycles. The van der Waals surface area contributed by atoms with Gasteiger partial charge in [0.15, 0.2) is 5.01 Å². The van der Waals surface area contributed by atoms with Gasteiger partial charge in [-0.2, -0.15) is 0 Å². The van der Waals surface area contributed by atoms with Gasteiger partial charge in [-0.3, -0.25) is 9.59 Å². The van der Waals surface area contributed by atoms with Crippen molar-refractivity contribution in [2.45, 2.75) is 26.9 Å². The van der Waals surface area contributed by atoms with Crippen molar-refractivity contribution in [3.05, 3.63) is 69.9 Å². The lowest BCUT2D eigenvalue weighted by Crippen LogP contribution is -2.25. The Kier molecular flexibility index (Phi) is 7.66. The molecule has 0 saturated heterocycles. The molecule has 31 heavy (non-hydrogen) atoms. The Bertz CT molecular complexity index is 1040. The van der Waals surface area contributed by atoms with E-state index in [2.05, 4.69) is 34.7 Å². The number of amides is 2. The average Bonchev–Trinajstić information content (AvgIpc) is 3.22. The Hall–Kier alpha value is -3.33. The Labute approximate surface area is 183 Å². The van der Waals surface area contributed by atoms with E-state index in [1.807, 2.05) is 0 Å². The predicted molar refractivity (Wildman–Crippen MR) is 117 cm³/mol. The monoisotopic (exact) mass is 442 g/mol. The highest BCUT2D eigenvalue weighted by Crippen LogP contribution is 2.18. The number of carbonyl (C=O) groups excluding carboxylic acids is 2. The molecule has 162 valence electrons. The summed E-state index contributed by atoms with van der Waals surface area (Å²) >= 11 is 1.09. The summed E-state index contributed by atoms with van der Waals surface area (Å²) in [5, 5.41) is 14.1. The molecule has 7 nitrogen and oxygen atoms in total. The first-order valence-corrected chi connectivity index (χ1v) is 10.6. The topological polar surface area (TPSA) is 93.2 Å². The van der Waals surface area contributed by atoms with Crippen LogP contribution in [0.1, 0.15) is 45.4 Å². The van der Waals surface area contributed by atoms with E-state index >= 15 is 0 Å². The number of ether oxygens (including phenoxy) is 1. The van der Waals surface area contributed by atoms with Crippen molar-refractivity contribution in [2.24, 2.45) is 5.92 Å². The van der Waals surface area contributed by atoms with Crippen LogP contribution in [-0.2, 0) is 6.61 Å². The molecule has 0 atom stereocenters. The molecule has 0 saturated carbocycles. The second-order valence-electron chi connectivity index (χ2n) is 7.22. The average molecular weight is 443 g/mol. The predicted octanol–water partition coefficient (Wildman–Crippen LogP) is 4.28. The van der Waals surface area contributed by atoms with E-state index in [-0.39, 0.29) is 23.3 Å². The largest absolute Gasteiger partial charge is 0.486 e. The van der Waals surface area contributed by atoms with Crippen LogP contribution in [-0.4, -0.2) is 28.6 Å². The molecule has 0 aliphatic carbocycles. The first kappa shape index (κ1) is 22.4. The minimum Gasteiger partial charge on any atom is -0.486 e. The summed E-state index contributed by atoms with van der Waals surface area (Å²) in [6.07, 6.45) is 0.895. The lowest BCUT2D eigenvalue weighted by atomic mass is 10.1. The van der Waals surface area contributed by atoms with Crippen molar-refractivity contribution in [3.8, 4) is 5.75 Å². The highest BCUT2D eigenvalue weighted by Gasteiger charge is 2.14. The standard InChI is InChI=1S/C22H23FN4O3S/c1-14(2)10-11-24-20(28)15-4-3-5-17(12-15)25-21(29)22-27-26-19(31-22)13-30-18-8-6-16(23)7-9-18/h3-9,12,14H,10-11,13H2,1-2H3,(H,24,28)(H,25,29). The molecule has 2 N–H and O–H groups in total. The molecular weight excluding hydrogens is 419 g/mol. The Balaban J connectivity index is 1.55. The Morgan fingerprint density at radius 3 is 2.61 bits per heavy atom. The molecule has 9 heteroatoms. The number of anilines is 1. The third-order valence-corrected chi connectivity index (χ3v) is 5.12. The number of rotatable bonds is 9. The molecule has 1 heterocycles. The normalized spacial score (nSPS) is 10.7. The van der Waals surface area contributed by atoms with E-state index in [1.165, 1.54) is 24.3 Å². The van der Waals surface area contributed by atoms with Crippen molar-refractivity contribution < 1.29 is 18.7 Å². The number of benzene rings is 2. The second-order valence-corrected chi connectivity index (χ2v) is 8.28. The smallest absolute Gasteiger partial charge is 0.286 e. The fraction of sp³-hybridized carbons (Fsp3) is 0.273. The molecule has 3 rings (SSSR count). The van der Waals surface area contributed by atoms with Gasteiger partial charge in [-0.25, -0.2) is 4.39 Å². The third-order valence-electron chi connectivity index (χ3n) is 4.23. The molecule has 0 radical (unpaired) electrons. The molecule has 0 fully saturated rings. The van der Waals surface area contributed by atoms with Gasteiger partial charge in [0, 0.05) is 17.8 Å². The number of aromatic nitrogens is 2. The van der Waals surface area contributed by atoms with E-state index in [0.29, 0.717) is 34.5 Å². The van der Waals surface area contributed by atoms with Crippen LogP contribution < -0.4 is 15.4 Å². The van der Waals surface area contributed by atoms with Crippen LogP contribution in [0.2, 0.25) is 0 Å². The minimum atomic E-state index is -0.428. The van der Waals surface area contributed by atoms with E-state index in [4.69, 9.17) is 4.74 Å². The van der Waals surface area contributed by atoms with Crippen molar-refractivity contribution in [1.82, 2.24) is 15.5 Å². The summed E-state index contributed by atoms with van der Waals surface area (Å²) in [6.45, 7) is 4.90. The third kappa shape index (κ3) is 6.85. The van der Waals surface area contributed by atoms with Gasteiger partial charge in [-0.1, -0.05) is 31.3 Å². The summed E-state index contributed by atoms with van der Waals surface area (Å²) in [5.74, 6) is 0.0324. The van der Waals surface area contributed by atoms with Crippen molar-refractivity contribution in [1.29, 1.82) is 0 Å². The summed E-state index contributed by atoms with van der Waals surface area (Å²) < 4.78 is 18.4. The van der Waals surface area contributed by atoms with Gasteiger partial charge in [0.25, 0.3) is 11.8 Å². The van der Waals surface area contributed by atoms with Gasteiger partial charge >= 0.3 is 0 Å². The van der Waals surface area contributed by atoms with Crippen molar-refractivity contribution >= 4 is 28.8 Å². The van der Waals surface area contributed by atoms with Crippen LogP contribution in [0.15, 0.2) is 48.5 Å². The first-order valence-electron chi connectivity index (χ1n) is 9.81. The highest BCUT2D eigenvalue weighted by atomic mass is 32.1. The first-order chi connectivity index (χ1) is 14.9. The number of halogens is 1. The van der Waals surface area contributed by atoms with Gasteiger partial charge in [0.1, 0.15) is 18.2 Å².